The predicted molar refractivity (Wildman–Crippen MR) is 152 cm³/mol. The standard InChI is InChI=1S/C30H30ClN5O3/c1-5-38-26-15-21(13-14-25(26)39-16-22-10-6-7-11-23(22)31)28-27(20(4)34-30-32-17-33-36(28)30)29(37)35-24-12-8-9-18(2)19(24)3/h6-15,17,28H,5,16H2,1-4H3,(H,35,37)(H,32,33,34). The molecule has 0 saturated carbocycles. The first-order chi connectivity index (χ1) is 18.9. The normalized spacial score (nSPS) is 14.4. The first-order valence-electron chi connectivity index (χ1n) is 12.7. The molecular weight excluding hydrogens is 514 g/mol. The molecule has 0 aliphatic carbocycles. The van der Waals surface area contributed by atoms with E-state index in [1.54, 1.807) is 4.68 Å². The first kappa shape index (κ1) is 26.3. The number of rotatable bonds is 8. The van der Waals surface area contributed by atoms with E-state index in [2.05, 4.69) is 20.7 Å². The average molecular weight is 544 g/mol. The molecule has 2 heterocycles. The predicted octanol–water partition coefficient (Wildman–Crippen LogP) is 6.45. The fraction of sp³-hybridized carbons (Fsp3) is 0.233. The van der Waals surface area contributed by atoms with E-state index in [0.717, 1.165) is 27.9 Å². The average Bonchev–Trinajstić information content (AvgIpc) is 3.38. The van der Waals surface area contributed by atoms with Gasteiger partial charge in [0.1, 0.15) is 19.0 Å². The van der Waals surface area contributed by atoms with Crippen molar-refractivity contribution in [2.45, 2.75) is 40.3 Å². The largest absolute Gasteiger partial charge is 0.490 e. The molecule has 1 amide bonds. The minimum atomic E-state index is -0.536. The van der Waals surface area contributed by atoms with Gasteiger partial charge in [0.25, 0.3) is 5.91 Å². The number of aryl methyl sites for hydroxylation is 1. The Labute approximate surface area is 232 Å². The summed E-state index contributed by atoms with van der Waals surface area (Å²) < 4.78 is 13.8. The van der Waals surface area contributed by atoms with Crippen molar-refractivity contribution >= 4 is 29.1 Å². The third-order valence-corrected chi connectivity index (χ3v) is 7.18. The molecule has 0 radical (unpaired) electrons. The van der Waals surface area contributed by atoms with Crippen LogP contribution in [0.2, 0.25) is 5.02 Å². The number of hydrogen-bond donors (Lipinski definition) is 2. The van der Waals surface area contributed by atoms with Crippen LogP contribution < -0.4 is 20.1 Å². The summed E-state index contributed by atoms with van der Waals surface area (Å²) >= 11 is 6.32. The van der Waals surface area contributed by atoms with Crippen LogP contribution in [-0.4, -0.2) is 27.3 Å². The molecule has 0 spiro atoms. The molecular formula is C30H30ClN5O3. The number of aromatic nitrogens is 3. The molecule has 1 aromatic heterocycles. The second-order valence-corrected chi connectivity index (χ2v) is 9.72. The molecule has 8 nitrogen and oxygen atoms in total. The maximum absolute atomic E-state index is 13.8. The number of allylic oxidation sites excluding steroid dienone is 1. The third kappa shape index (κ3) is 5.33. The summed E-state index contributed by atoms with van der Waals surface area (Å²) in [5.41, 5.74) is 5.79. The van der Waals surface area contributed by atoms with Gasteiger partial charge in [-0.3, -0.25) is 4.79 Å². The first-order valence-corrected chi connectivity index (χ1v) is 13.1. The molecule has 0 fully saturated rings. The van der Waals surface area contributed by atoms with Gasteiger partial charge in [-0.15, -0.1) is 0 Å². The van der Waals surface area contributed by atoms with Gasteiger partial charge >= 0.3 is 0 Å². The Morgan fingerprint density at radius 3 is 2.67 bits per heavy atom. The van der Waals surface area contributed by atoms with Gasteiger partial charge in [0.05, 0.1) is 12.2 Å². The molecule has 0 bridgehead atoms. The molecule has 1 aliphatic rings. The van der Waals surface area contributed by atoms with E-state index in [9.17, 15) is 4.79 Å². The highest BCUT2D eigenvalue weighted by molar-refractivity contribution is 6.31. The molecule has 2 N–H and O–H groups in total. The van der Waals surface area contributed by atoms with Crippen LogP contribution in [0.15, 0.2) is 78.3 Å². The zero-order valence-corrected chi connectivity index (χ0v) is 23.0. The lowest BCUT2D eigenvalue weighted by Crippen LogP contribution is -2.31. The van der Waals surface area contributed by atoms with E-state index < -0.39 is 6.04 Å². The van der Waals surface area contributed by atoms with Gasteiger partial charge in [-0.25, -0.2) is 4.68 Å². The number of benzene rings is 3. The van der Waals surface area contributed by atoms with Gasteiger partial charge < -0.3 is 20.1 Å². The maximum atomic E-state index is 13.8. The number of anilines is 2. The molecule has 4 aromatic rings. The summed E-state index contributed by atoms with van der Waals surface area (Å²) in [7, 11) is 0. The van der Waals surface area contributed by atoms with Crippen molar-refractivity contribution in [3.8, 4) is 11.5 Å². The zero-order valence-electron chi connectivity index (χ0n) is 22.3. The molecule has 0 saturated heterocycles. The SMILES string of the molecule is CCOc1cc(C2C(C(=O)Nc3cccc(C)c3C)=C(C)Nc3ncnn32)ccc1OCc1ccccc1Cl. The number of carbonyl (C=O) groups is 1. The highest BCUT2D eigenvalue weighted by Gasteiger charge is 2.34. The zero-order chi connectivity index (χ0) is 27.5. The Hall–Kier alpha value is -4.30. The Morgan fingerprint density at radius 2 is 1.87 bits per heavy atom. The van der Waals surface area contributed by atoms with Crippen molar-refractivity contribution in [2.75, 3.05) is 17.2 Å². The van der Waals surface area contributed by atoms with Gasteiger partial charge in [-0.05, 0) is 68.7 Å². The van der Waals surface area contributed by atoms with E-state index in [-0.39, 0.29) is 5.91 Å². The van der Waals surface area contributed by atoms with Gasteiger partial charge in [0.15, 0.2) is 11.5 Å². The number of carbonyl (C=O) groups excluding carboxylic acids is 1. The third-order valence-electron chi connectivity index (χ3n) is 6.82. The second-order valence-electron chi connectivity index (χ2n) is 9.32. The smallest absolute Gasteiger partial charge is 0.255 e. The van der Waals surface area contributed by atoms with Crippen molar-refractivity contribution in [1.29, 1.82) is 0 Å². The number of ether oxygens (including phenoxy) is 2. The van der Waals surface area contributed by atoms with Crippen molar-refractivity contribution in [3.63, 3.8) is 0 Å². The quantitative estimate of drug-likeness (QED) is 0.265. The topological polar surface area (TPSA) is 90.3 Å². The van der Waals surface area contributed by atoms with Crippen molar-refractivity contribution < 1.29 is 14.3 Å². The molecule has 5 rings (SSSR count). The summed E-state index contributed by atoms with van der Waals surface area (Å²) in [6.45, 7) is 8.54. The molecule has 200 valence electrons. The van der Waals surface area contributed by atoms with Crippen molar-refractivity contribution in [3.05, 3.63) is 106 Å². The molecule has 1 atom stereocenters. The van der Waals surface area contributed by atoms with Crippen LogP contribution in [0.1, 0.15) is 42.1 Å². The molecule has 1 unspecified atom stereocenters. The molecule has 39 heavy (non-hydrogen) atoms. The monoisotopic (exact) mass is 543 g/mol. The van der Waals surface area contributed by atoms with Gasteiger partial charge in [0.2, 0.25) is 5.95 Å². The van der Waals surface area contributed by atoms with E-state index >= 15 is 0 Å². The van der Waals surface area contributed by atoms with Gasteiger partial charge in [0, 0.05) is 22.0 Å². The number of halogens is 1. The fourth-order valence-electron chi connectivity index (χ4n) is 4.62. The van der Waals surface area contributed by atoms with Crippen LogP contribution in [0.4, 0.5) is 11.6 Å². The lowest BCUT2D eigenvalue weighted by molar-refractivity contribution is -0.113. The number of nitrogens with one attached hydrogen (secondary N) is 2. The Bertz CT molecular complexity index is 1560. The lowest BCUT2D eigenvalue weighted by atomic mass is 9.94. The highest BCUT2D eigenvalue weighted by atomic mass is 35.5. The van der Waals surface area contributed by atoms with Gasteiger partial charge in [-0.1, -0.05) is 48.0 Å². The molecule has 1 aliphatic heterocycles. The van der Waals surface area contributed by atoms with Crippen LogP contribution in [0, 0.1) is 13.8 Å². The van der Waals surface area contributed by atoms with Crippen LogP contribution in [0.3, 0.4) is 0 Å². The maximum Gasteiger partial charge on any atom is 0.255 e. The summed E-state index contributed by atoms with van der Waals surface area (Å²) in [4.78, 5) is 18.1. The number of fused-ring (bicyclic) bond motifs is 1. The number of hydrogen-bond acceptors (Lipinski definition) is 6. The van der Waals surface area contributed by atoms with Crippen LogP contribution in [0.5, 0.6) is 11.5 Å². The molecule has 3 aromatic carbocycles. The second kappa shape index (κ2) is 11.2. The van der Waals surface area contributed by atoms with Crippen molar-refractivity contribution in [1.82, 2.24) is 14.8 Å². The van der Waals surface area contributed by atoms with Crippen LogP contribution in [-0.2, 0) is 11.4 Å². The minimum Gasteiger partial charge on any atom is -0.490 e. The van der Waals surface area contributed by atoms with Crippen LogP contribution >= 0.6 is 11.6 Å². The summed E-state index contributed by atoms with van der Waals surface area (Å²) in [5.74, 6) is 1.47. The fourth-order valence-corrected chi connectivity index (χ4v) is 4.81. The summed E-state index contributed by atoms with van der Waals surface area (Å²) in [5, 5.41) is 11.4. The Balaban J connectivity index is 1.51. The van der Waals surface area contributed by atoms with Crippen LogP contribution in [0.25, 0.3) is 0 Å². The van der Waals surface area contributed by atoms with E-state index in [4.69, 9.17) is 21.1 Å². The number of nitrogens with zero attached hydrogens (tertiary/aromatic N) is 3. The number of amides is 1. The van der Waals surface area contributed by atoms with Crippen molar-refractivity contribution in [2.24, 2.45) is 0 Å². The Morgan fingerprint density at radius 1 is 1.05 bits per heavy atom. The van der Waals surface area contributed by atoms with Gasteiger partial charge in [-0.2, -0.15) is 10.1 Å². The van der Waals surface area contributed by atoms with E-state index in [1.807, 2.05) is 88.4 Å². The minimum absolute atomic E-state index is 0.225. The van der Waals surface area contributed by atoms with E-state index in [0.29, 0.717) is 47.0 Å². The highest BCUT2D eigenvalue weighted by Crippen LogP contribution is 2.39. The summed E-state index contributed by atoms with van der Waals surface area (Å²) in [6, 6.07) is 18.5. The lowest BCUT2D eigenvalue weighted by Gasteiger charge is -2.29. The Kier molecular flexibility index (Phi) is 7.56. The molecule has 9 heteroatoms. The summed E-state index contributed by atoms with van der Waals surface area (Å²) in [6.07, 6.45) is 1.47. The van der Waals surface area contributed by atoms with E-state index in [1.165, 1.54) is 6.33 Å².